The van der Waals surface area contributed by atoms with Crippen LogP contribution in [0, 0.1) is 0 Å². The van der Waals surface area contributed by atoms with E-state index in [1.807, 2.05) is 0 Å². The summed E-state index contributed by atoms with van der Waals surface area (Å²) in [6, 6.07) is 3.97. The van der Waals surface area contributed by atoms with Crippen LogP contribution in [0.4, 0.5) is 0 Å². The number of esters is 4. The highest BCUT2D eigenvalue weighted by molar-refractivity contribution is 8.00. The highest BCUT2D eigenvalue weighted by Crippen LogP contribution is 2.44. The van der Waals surface area contributed by atoms with Crippen LogP contribution < -0.4 is 5.32 Å². The summed E-state index contributed by atoms with van der Waals surface area (Å²) in [5.41, 5.74) is 0. The zero-order valence-corrected chi connectivity index (χ0v) is 22.5. The Morgan fingerprint density at radius 1 is 1.08 bits per heavy atom. The van der Waals surface area contributed by atoms with E-state index < -0.39 is 78.4 Å². The first-order valence-electron chi connectivity index (χ1n) is 11.7. The highest BCUT2D eigenvalue weighted by Gasteiger charge is 2.55. The number of nitrogens with one attached hydrogen (secondary N) is 1. The Morgan fingerprint density at radius 3 is 2.26 bits per heavy atom. The van der Waals surface area contributed by atoms with E-state index in [-0.39, 0.29) is 6.42 Å². The fourth-order valence-corrected chi connectivity index (χ4v) is 5.09. The van der Waals surface area contributed by atoms with Crippen molar-refractivity contribution >= 4 is 41.5 Å². The van der Waals surface area contributed by atoms with Crippen LogP contribution in [0.3, 0.4) is 0 Å². The minimum absolute atomic E-state index is 0.0965. The van der Waals surface area contributed by atoms with Gasteiger partial charge in [0, 0.05) is 47.2 Å². The Labute approximate surface area is 223 Å². The largest absolute Gasteiger partial charge is 0.462 e. The molecule has 1 saturated heterocycles. The molecule has 2 N–H and O–H groups in total. The van der Waals surface area contributed by atoms with Crippen LogP contribution in [-0.4, -0.2) is 88.5 Å². The molecule has 2 rings (SSSR count). The van der Waals surface area contributed by atoms with Crippen LogP contribution in [0.2, 0.25) is 0 Å². The van der Waals surface area contributed by atoms with Crippen LogP contribution in [0.25, 0.3) is 0 Å². The van der Waals surface area contributed by atoms with Gasteiger partial charge in [0.2, 0.25) is 5.91 Å². The molecular weight excluding hydrogens is 524 g/mol. The molecule has 0 unspecified atom stereocenters. The summed E-state index contributed by atoms with van der Waals surface area (Å²) in [6.45, 7) is 4.62. The van der Waals surface area contributed by atoms with Crippen LogP contribution in [0.15, 0.2) is 29.4 Å². The van der Waals surface area contributed by atoms with E-state index in [1.54, 1.807) is 18.2 Å². The van der Waals surface area contributed by atoms with Gasteiger partial charge >= 0.3 is 23.9 Å². The van der Waals surface area contributed by atoms with E-state index in [9.17, 15) is 29.1 Å². The zero-order valence-electron chi connectivity index (χ0n) is 21.7. The predicted molar refractivity (Wildman–Crippen MR) is 130 cm³/mol. The number of hydrogen-bond donors (Lipinski definition) is 2. The summed E-state index contributed by atoms with van der Waals surface area (Å²) in [6.07, 6.45) is -3.85. The maximum Gasteiger partial charge on any atom is 0.303 e. The van der Waals surface area contributed by atoms with Crippen LogP contribution >= 0.6 is 11.8 Å². The van der Waals surface area contributed by atoms with Gasteiger partial charge in [-0.1, -0.05) is 17.8 Å². The SMILES string of the molecule is CC(=O)N[C@H]1[C@H]([C@H](OC(C)=O)[C@@H](COC(C)=O)OC(C)=O)O[C@](CO)(Sc2ccccn2)C[C@@H]1OC(C)=O. The van der Waals surface area contributed by atoms with E-state index >= 15 is 0 Å². The van der Waals surface area contributed by atoms with Gasteiger partial charge in [0.1, 0.15) is 23.7 Å². The lowest BCUT2D eigenvalue weighted by Crippen LogP contribution is -2.67. The molecule has 0 aliphatic carbocycles. The maximum atomic E-state index is 12.2. The molecule has 1 aromatic heterocycles. The van der Waals surface area contributed by atoms with E-state index in [2.05, 4.69) is 10.3 Å². The third-order valence-corrected chi connectivity index (χ3v) is 6.45. The van der Waals surface area contributed by atoms with Gasteiger partial charge in [-0.15, -0.1) is 0 Å². The number of aliphatic hydroxyl groups excluding tert-OH is 1. The molecule has 0 aromatic carbocycles. The molecule has 0 spiro atoms. The van der Waals surface area contributed by atoms with Crippen LogP contribution in [-0.2, 0) is 47.7 Å². The minimum atomic E-state index is -1.51. The van der Waals surface area contributed by atoms with Gasteiger partial charge in [0.15, 0.2) is 12.2 Å². The van der Waals surface area contributed by atoms with Gasteiger partial charge < -0.3 is 34.1 Å². The summed E-state index contributed by atoms with van der Waals surface area (Å²) in [5, 5.41) is 13.6. The number of carbonyl (C=O) groups is 5. The Hall–Kier alpha value is -3.23. The summed E-state index contributed by atoms with van der Waals surface area (Å²) in [5.74, 6) is -3.48. The summed E-state index contributed by atoms with van der Waals surface area (Å²) in [7, 11) is 0. The van der Waals surface area contributed by atoms with Gasteiger partial charge in [-0.05, 0) is 12.1 Å². The first-order valence-corrected chi connectivity index (χ1v) is 12.5. The smallest absolute Gasteiger partial charge is 0.303 e. The molecule has 14 heteroatoms. The van der Waals surface area contributed by atoms with Crippen molar-refractivity contribution in [3.63, 3.8) is 0 Å². The second kappa shape index (κ2) is 14.1. The Morgan fingerprint density at radius 2 is 1.76 bits per heavy atom. The van der Waals surface area contributed by atoms with Crippen LogP contribution in [0.5, 0.6) is 0 Å². The van der Waals surface area contributed by atoms with Crippen molar-refractivity contribution in [1.82, 2.24) is 10.3 Å². The molecule has 6 atom stereocenters. The van der Waals surface area contributed by atoms with Gasteiger partial charge in [0.25, 0.3) is 0 Å². The van der Waals surface area contributed by atoms with Crippen molar-refractivity contribution in [3.05, 3.63) is 24.4 Å². The maximum absolute atomic E-state index is 12.2. The second-order valence-corrected chi connectivity index (χ2v) is 9.89. The summed E-state index contributed by atoms with van der Waals surface area (Å²) >= 11 is 1.03. The lowest BCUT2D eigenvalue weighted by Gasteiger charge is -2.49. The topological polar surface area (TPSA) is 177 Å². The summed E-state index contributed by atoms with van der Waals surface area (Å²) in [4.78, 5) is 62.6. The van der Waals surface area contributed by atoms with E-state index in [0.29, 0.717) is 5.03 Å². The van der Waals surface area contributed by atoms with E-state index in [0.717, 1.165) is 32.5 Å². The molecular formula is C24H32N2O11S. The van der Waals surface area contributed by atoms with Crippen molar-refractivity contribution in [2.45, 2.75) is 81.5 Å². The fraction of sp³-hybridized carbons (Fsp3) is 0.583. The number of amides is 1. The molecule has 2 heterocycles. The molecule has 210 valence electrons. The first-order chi connectivity index (χ1) is 17.9. The average molecular weight is 557 g/mol. The molecule has 0 saturated carbocycles. The number of aromatic nitrogens is 1. The molecule has 0 bridgehead atoms. The molecule has 1 aromatic rings. The van der Waals surface area contributed by atoms with E-state index in [4.69, 9.17) is 23.7 Å². The van der Waals surface area contributed by atoms with Crippen molar-refractivity contribution in [3.8, 4) is 0 Å². The average Bonchev–Trinajstić information content (AvgIpc) is 2.81. The van der Waals surface area contributed by atoms with Crippen LogP contribution in [0.1, 0.15) is 41.0 Å². The monoisotopic (exact) mass is 556 g/mol. The predicted octanol–water partition coefficient (Wildman–Crippen LogP) is 0.514. The van der Waals surface area contributed by atoms with Crippen molar-refractivity contribution in [2.75, 3.05) is 13.2 Å². The first kappa shape index (κ1) is 31.0. The quantitative estimate of drug-likeness (QED) is 0.285. The normalized spacial score (nSPS) is 24.3. The van der Waals surface area contributed by atoms with Crippen molar-refractivity contribution < 1.29 is 52.8 Å². The zero-order chi connectivity index (χ0) is 28.5. The Kier molecular flexibility index (Phi) is 11.5. The standard InChI is InChI=1S/C24H32N2O11S/c1-13(28)26-21-18(34-15(3)30)10-24(12-27,38-20-8-6-7-9-25-20)37-23(21)22(36-17(5)32)19(35-16(4)31)11-33-14(2)29/h6-9,18-19,21-23,27H,10-12H2,1-5H3,(H,26,28)/t18-,19+,21+,22+,23+,24-/m0/s1. The number of thioether (sulfide) groups is 1. The van der Waals surface area contributed by atoms with Gasteiger partial charge in [-0.2, -0.15) is 0 Å². The molecule has 1 aliphatic rings. The molecule has 1 fully saturated rings. The van der Waals surface area contributed by atoms with Crippen molar-refractivity contribution in [1.29, 1.82) is 0 Å². The third-order valence-electron chi connectivity index (χ3n) is 5.23. The lowest BCUT2D eigenvalue weighted by atomic mass is 9.89. The third kappa shape index (κ3) is 9.26. The van der Waals surface area contributed by atoms with Gasteiger partial charge in [-0.3, -0.25) is 24.0 Å². The molecule has 13 nitrogen and oxygen atoms in total. The Balaban J connectivity index is 2.65. The van der Waals surface area contributed by atoms with Gasteiger partial charge in [-0.25, -0.2) is 4.98 Å². The summed E-state index contributed by atoms with van der Waals surface area (Å²) < 4.78 is 27.8. The number of hydrogen-bond acceptors (Lipinski definition) is 13. The molecule has 1 aliphatic heterocycles. The lowest BCUT2D eigenvalue weighted by molar-refractivity contribution is -0.223. The molecule has 1 amide bonds. The van der Waals surface area contributed by atoms with Crippen molar-refractivity contribution in [2.24, 2.45) is 0 Å². The number of rotatable bonds is 11. The van der Waals surface area contributed by atoms with E-state index in [1.165, 1.54) is 20.0 Å². The Bertz CT molecular complexity index is 1010. The molecule has 38 heavy (non-hydrogen) atoms. The number of aliphatic hydroxyl groups is 1. The highest BCUT2D eigenvalue weighted by atomic mass is 32.2. The molecule has 0 radical (unpaired) electrons. The number of nitrogens with zero attached hydrogens (tertiary/aromatic N) is 1. The minimum Gasteiger partial charge on any atom is -0.462 e. The second-order valence-electron chi connectivity index (χ2n) is 8.52. The number of carbonyl (C=O) groups excluding carboxylic acids is 5. The number of pyridine rings is 1. The number of ether oxygens (including phenoxy) is 5. The fourth-order valence-electron chi connectivity index (χ4n) is 3.98. The van der Waals surface area contributed by atoms with Gasteiger partial charge in [0.05, 0.1) is 17.7 Å².